The van der Waals surface area contributed by atoms with E-state index in [1.165, 1.54) is 18.2 Å². The maximum absolute atomic E-state index is 12.5. The summed E-state index contributed by atoms with van der Waals surface area (Å²) in [5, 5.41) is 36.3. The lowest BCUT2D eigenvalue weighted by molar-refractivity contribution is 0.0696. The van der Waals surface area contributed by atoms with Crippen LogP contribution in [0, 0.1) is 0 Å². The zero-order valence-corrected chi connectivity index (χ0v) is 16.8. The molecule has 0 saturated carbocycles. The molecule has 4 N–H and O–H groups in total. The highest BCUT2D eigenvalue weighted by Gasteiger charge is 2.27. The third kappa shape index (κ3) is 3.84. The topological polar surface area (TPSA) is 133 Å². The van der Waals surface area contributed by atoms with Gasteiger partial charge in [-0.3, -0.25) is 4.79 Å². The summed E-state index contributed by atoms with van der Waals surface area (Å²) in [4.78, 5) is 23.7. The molecular weight excluding hydrogens is 388 g/mol. The molecule has 156 valence electrons. The fourth-order valence-corrected chi connectivity index (χ4v) is 3.16. The number of aromatic nitrogens is 1. The number of carbonyl (C=O) groups is 2. The van der Waals surface area contributed by atoms with Crippen molar-refractivity contribution in [3.05, 3.63) is 53.2 Å². The van der Waals surface area contributed by atoms with Gasteiger partial charge in [0.1, 0.15) is 11.5 Å². The van der Waals surface area contributed by atoms with Crippen LogP contribution in [-0.4, -0.2) is 38.9 Å². The second-order valence-corrected chi connectivity index (χ2v) is 7.06. The Labute approximate surface area is 172 Å². The Balaban J connectivity index is 2.25. The van der Waals surface area contributed by atoms with E-state index in [1.807, 2.05) is 13.8 Å². The van der Waals surface area contributed by atoms with Crippen LogP contribution in [0.25, 0.3) is 22.5 Å². The van der Waals surface area contributed by atoms with Gasteiger partial charge in [0.2, 0.25) is 0 Å². The average Bonchev–Trinajstić information content (AvgIpc) is 3.13. The summed E-state index contributed by atoms with van der Waals surface area (Å²) in [5.74, 6) is -1.73. The number of nitrogens with one attached hydrogen (secondary N) is 1. The molecule has 1 amide bonds. The van der Waals surface area contributed by atoms with Gasteiger partial charge >= 0.3 is 5.97 Å². The van der Waals surface area contributed by atoms with Crippen molar-refractivity contribution in [1.29, 1.82) is 0 Å². The maximum atomic E-state index is 12.5. The van der Waals surface area contributed by atoms with Crippen LogP contribution in [0.5, 0.6) is 11.5 Å². The number of aromatic hydroxyl groups is 2. The molecule has 0 saturated heterocycles. The smallest absolute Gasteiger partial charge is 0.335 e. The van der Waals surface area contributed by atoms with E-state index in [4.69, 9.17) is 9.63 Å². The molecule has 2 aromatic carbocycles. The van der Waals surface area contributed by atoms with E-state index in [0.717, 1.165) is 0 Å². The van der Waals surface area contributed by atoms with Gasteiger partial charge in [0.25, 0.3) is 5.91 Å². The van der Waals surface area contributed by atoms with Crippen molar-refractivity contribution in [2.24, 2.45) is 0 Å². The van der Waals surface area contributed by atoms with Gasteiger partial charge in [0.05, 0.1) is 16.7 Å². The van der Waals surface area contributed by atoms with Crippen molar-refractivity contribution in [2.45, 2.75) is 26.7 Å². The van der Waals surface area contributed by atoms with Crippen LogP contribution in [0.3, 0.4) is 0 Å². The lowest BCUT2D eigenvalue weighted by Gasteiger charge is -2.12. The molecule has 0 atom stereocenters. The first-order chi connectivity index (χ1) is 14.2. The fourth-order valence-electron chi connectivity index (χ4n) is 3.16. The molecule has 8 nitrogen and oxygen atoms in total. The summed E-state index contributed by atoms with van der Waals surface area (Å²) in [6, 6.07) is 8.72. The number of carboxylic acid groups (broad SMARTS) is 1. The predicted molar refractivity (Wildman–Crippen MR) is 110 cm³/mol. The summed E-state index contributed by atoms with van der Waals surface area (Å²) in [6.45, 7) is 5.92. The van der Waals surface area contributed by atoms with Crippen LogP contribution < -0.4 is 5.32 Å². The molecule has 0 bridgehead atoms. The third-order valence-corrected chi connectivity index (χ3v) is 4.68. The molecule has 0 spiro atoms. The molecule has 0 radical (unpaired) electrons. The largest absolute Gasteiger partial charge is 0.508 e. The number of phenols is 2. The zero-order chi connectivity index (χ0) is 22.0. The van der Waals surface area contributed by atoms with Gasteiger partial charge in [0.15, 0.2) is 11.5 Å². The summed E-state index contributed by atoms with van der Waals surface area (Å²) < 4.78 is 5.47. The Morgan fingerprint density at radius 1 is 1.10 bits per heavy atom. The first-order valence-electron chi connectivity index (χ1n) is 9.42. The van der Waals surface area contributed by atoms with Crippen molar-refractivity contribution in [3.8, 4) is 33.9 Å². The Hall–Kier alpha value is -3.81. The van der Waals surface area contributed by atoms with Gasteiger partial charge in [-0.1, -0.05) is 31.1 Å². The Morgan fingerprint density at radius 2 is 1.77 bits per heavy atom. The summed E-state index contributed by atoms with van der Waals surface area (Å²) in [7, 11) is 0. The normalized spacial score (nSPS) is 10.9. The minimum absolute atomic E-state index is 0.00787. The van der Waals surface area contributed by atoms with Gasteiger partial charge in [0, 0.05) is 12.6 Å². The van der Waals surface area contributed by atoms with Gasteiger partial charge < -0.3 is 25.2 Å². The number of rotatable bonds is 6. The fraction of sp³-hybridized carbons (Fsp3) is 0.227. The average molecular weight is 410 g/mol. The van der Waals surface area contributed by atoms with E-state index in [2.05, 4.69) is 10.5 Å². The van der Waals surface area contributed by atoms with E-state index < -0.39 is 11.9 Å². The van der Waals surface area contributed by atoms with Crippen LogP contribution in [0.2, 0.25) is 0 Å². The Kier molecular flexibility index (Phi) is 5.77. The predicted octanol–water partition coefficient (Wildman–Crippen LogP) is 3.99. The molecule has 1 aromatic heterocycles. The number of hydrogen-bond donors (Lipinski definition) is 4. The number of amides is 1. The molecule has 3 rings (SSSR count). The molecular formula is C22H22N2O6. The first kappa shape index (κ1) is 20.9. The number of benzene rings is 2. The van der Waals surface area contributed by atoms with E-state index in [1.54, 1.807) is 25.1 Å². The number of aromatic carboxylic acids is 1. The van der Waals surface area contributed by atoms with Crippen LogP contribution >= 0.6 is 0 Å². The van der Waals surface area contributed by atoms with Crippen LogP contribution in [0.1, 0.15) is 53.1 Å². The zero-order valence-electron chi connectivity index (χ0n) is 16.8. The van der Waals surface area contributed by atoms with Crippen molar-refractivity contribution < 1.29 is 29.4 Å². The summed E-state index contributed by atoms with van der Waals surface area (Å²) in [6.07, 6.45) is 0. The number of carbonyl (C=O) groups excluding carboxylic acids is 1. The van der Waals surface area contributed by atoms with Crippen molar-refractivity contribution in [3.63, 3.8) is 0 Å². The van der Waals surface area contributed by atoms with Gasteiger partial charge in [-0.2, -0.15) is 0 Å². The van der Waals surface area contributed by atoms with Gasteiger partial charge in [-0.05, 0) is 42.2 Å². The molecule has 0 aliphatic rings. The molecule has 8 heteroatoms. The maximum Gasteiger partial charge on any atom is 0.335 e. The monoisotopic (exact) mass is 410 g/mol. The highest BCUT2D eigenvalue weighted by Crippen LogP contribution is 2.43. The number of phenolic OH excluding ortho intramolecular Hbond substituents is 2. The molecule has 0 unspecified atom stereocenters. The number of hydrogen-bond acceptors (Lipinski definition) is 6. The van der Waals surface area contributed by atoms with Crippen LogP contribution in [0.15, 0.2) is 40.9 Å². The molecule has 0 fully saturated rings. The van der Waals surface area contributed by atoms with Crippen LogP contribution in [-0.2, 0) is 0 Å². The highest BCUT2D eigenvalue weighted by atomic mass is 16.5. The van der Waals surface area contributed by atoms with Gasteiger partial charge in [-0.25, -0.2) is 4.79 Å². The summed E-state index contributed by atoms with van der Waals surface area (Å²) in [5.41, 5.74) is 1.76. The van der Waals surface area contributed by atoms with E-state index in [-0.39, 0.29) is 40.0 Å². The summed E-state index contributed by atoms with van der Waals surface area (Å²) >= 11 is 0. The van der Waals surface area contributed by atoms with E-state index >= 15 is 0 Å². The quantitative estimate of drug-likeness (QED) is 0.483. The lowest BCUT2D eigenvalue weighted by Crippen LogP contribution is -2.23. The van der Waals surface area contributed by atoms with Gasteiger partial charge in [-0.15, -0.1) is 0 Å². The highest BCUT2D eigenvalue weighted by molar-refractivity contribution is 6.03. The van der Waals surface area contributed by atoms with E-state index in [0.29, 0.717) is 23.2 Å². The molecule has 1 heterocycles. The standard InChI is InChI=1S/C22H22N2O6/c1-4-23-21(27)19-18(12-5-7-13(8-6-12)22(28)29)20(30-24-19)15-9-14(11(2)3)16(25)10-17(15)26/h5-11,25-26H,4H2,1-3H3,(H,23,27)(H,28,29). The van der Waals surface area contributed by atoms with Crippen molar-refractivity contribution >= 4 is 11.9 Å². The Bertz CT molecular complexity index is 1100. The molecule has 0 aliphatic carbocycles. The van der Waals surface area contributed by atoms with Crippen molar-refractivity contribution in [1.82, 2.24) is 10.5 Å². The first-order valence-corrected chi connectivity index (χ1v) is 9.42. The second-order valence-electron chi connectivity index (χ2n) is 7.06. The Morgan fingerprint density at radius 3 is 2.33 bits per heavy atom. The SMILES string of the molecule is CCNC(=O)c1noc(-c2cc(C(C)C)c(O)cc2O)c1-c1ccc(C(=O)O)cc1. The van der Waals surface area contributed by atoms with Crippen LogP contribution in [0.4, 0.5) is 0 Å². The number of nitrogens with zero attached hydrogens (tertiary/aromatic N) is 1. The minimum Gasteiger partial charge on any atom is -0.508 e. The molecule has 3 aromatic rings. The lowest BCUT2D eigenvalue weighted by atomic mass is 9.94. The molecule has 30 heavy (non-hydrogen) atoms. The number of carboxylic acids is 1. The third-order valence-electron chi connectivity index (χ3n) is 4.68. The second kappa shape index (κ2) is 8.28. The van der Waals surface area contributed by atoms with E-state index in [9.17, 15) is 19.8 Å². The minimum atomic E-state index is -1.08. The molecule has 0 aliphatic heterocycles. The van der Waals surface area contributed by atoms with Crippen molar-refractivity contribution in [2.75, 3.05) is 6.54 Å².